The molecule has 0 fully saturated rings. The Bertz CT molecular complexity index is 143. The van der Waals surface area contributed by atoms with Gasteiger partial charge in [0, 0.05) is 0 Å². The molecule has 0 saturated heterocycles. The first-order chi connectivity index (χ1) is 4.70. The van der Waals surface area contributed by atoms with Crippen LogP contribution in [0.25, 0.3) is 0 Å². The average molecular weight is 140 g/mol. The van der Waals surface area contributed by atoms with Crippen molar-refractivity contribution in [1.82, 2.24) is 0 Å². The number of allylic oxidation sites excluding steroid dienone is 2. The Labute approximate surface area is 61.7 Å². The van der Waals surface area contributed by atoms with Crippen LogP contribution in [0.4, 0.5) is 0 Å². The fourth-order valence-electron chi connectivity index (χ4n) is 1.22. The summed E-state index contributed by atoms with van der Waals surface area (Å²) in [5.41, 5.74) is 0.790. The fourth-order valence-corrected chi connectivity index (χ4v) is 1.22. The van der Waals surface area contributed by atoms with Gasteiger partial charge < -0.3 is 10.0 Å². The van der Waals surface area contributed by atoms with Crippen LogP contribution in [0, 0.1) is 5.92 Å². The maximum absolute atomic E-state index is 8.75. The van der Waals surface area contributed by atoms with Crippen LogP contribution >= 0.6 is 0 Å². The van der Waals surface area contributed by atoms with Crippen LogP contribution in [-0.4, -0.2) is 17.2 Å². The molecular weight excluding hydrogens is 127 g/mol. The topological polar surface area (TPSA) is 40.5 Å². The molecule has 0 amide bonds. The third-order valence-electron chi connectivity index (χ3n) is 2.04. The zero-order valence-electron chi connectivity index (χ0n) is 6.25. The zero-order valence-corrected chi connectivity index (χ0v) is 6.25. The molecule has 1 rings (SSSR count). The standard InChI is InChI=1S/C7H13BO2/c1-6-2-4-7(5-3-6)8(9)10/h4,6,9-10H,2-3,5H2,1H3. The lowest BCUT2D eigenvalue weighted by Gasteiger charge is -2.17. The third-order valence-corrected chi connectivity index (χ3v) is 2.04. The predicted octanol–water partition coefficient (Wildman–Crippen LogP) is 0.745. The summed E-state index contributed by atoms with van der Waals surface area (Å²) >= 11 is 0. The molecule has 1 unspecified atom stereocenters. The van der Waals surface area contributed by atoms with Crippen molar-refractivity contribution in [3.63, 3.8) is 0 Å². The quantitative estimate of drug-likeness (QED) is 0.527. The van der Waals surface area contributed by atoms with Gasteiger partial charge in [-0.1, -0.05) is 13.0 Å². The molecule has 0 heterocycles. The Hall–Kier alpha value is -0.275. The van der Waals surface area contributed by atoms with E-state index < -0.39 is 7.12 Å². The van der Waals surface area contributed by atoms with Crippen molar-refractivity contribution in [2.75, 3.05) is 0 Å². The second-order valence-electron chi connectivity index (χ2n) is 3.03. The minimum absolute atomic E-state index is 0.711. The molecule has 0 saturated carbocycles. The molecule has 0 spiro atoms. The first-order valence-electron chi connectivity index (χ1n) is 3.75. The minimum Gasteiger partial charge on any atom is -0.423 e. The Morgan fingerprint density at radius 1 is 1.60 bits per heavy atom. The molecule has 2 N–H and O–H groups in total. The van der Waals surface area contributed by atoms with Crippen LogP contribution in [0.2, 0.25) is 0 Å². The molecule has 2 nitrogen and oxygen atoms in total. The highest BCUT2D eigenvalue weighted by molar-refractivity contribution is 6.50. The van der Waals surface area contributed by atoms with Gasteiger partial charge in [-0.3, -0.25) is 0 Å². The number of hydrogen-bond acceptors (Lipinski definition) is 2. The van der Waals surface area contributed by atoms with E-state index in [4.69, 9.17) is 10.0 Å². The van der Waals surface area contributed by atoms with Crippen LogP contribution in [0.15, 0.2) is 11.5 Å². The van der Waals surface area contributed by atoms with Crippen LogP contribution in [0.1, 0.15) is 26.2 Å². The van der Waals surface area contributed by atoms with E-state index in [1.165, 1.54) is 0 Å². The summed E-state index contributed by atoms with van der Waals surface area (Å²) < 4.78 is 0. The van der Waals surface area contributed by atoms with Crippen molar-refractivity contribution in [2.24, 2.45) is 5.92 Å². The van der Waals surface area contributed by atoms with Gasteiger partial charge in [-0.05, 0) is 30.7 Å². The second-order valence-corrected chi connectivity index (χ2v) is 3.03. The molecule has 0 aromatic heterocycles. The Kier molecular flexibility index (Phi) is 2.52. The highest BCUT2D eigenvalue weighted by atomic mass is 16.4. The summed E-state index contributed by atoms with van der Waals surface area (Å²) in [6.07, 6.45) is 4.87. The van der Waals surface area contributed by atoms with Crippen LogP contribution in [0.5, 0.6) is 0 Å². The van der Waals surface area contributed by atoms with Crippen LogP contribution in [-0.2, 0) is 0 Å². The SMILES string of the molecule is CC1CC=C(B(O)O)CC1. The second kappa shape index (κ2) is 3.22. The van der Waals surface area contributed by atoms with Crippen molar-refractivity contribution in [3.05, 3.63) is 11.5 Å². The lowest BCUT2D eigenvalue weighted by atomic mass is 9.72. The van der Waals surface area contributed by atoms with E-state index in [1.807, 2.05) is 6.08 Å². The normalized spacial score (nSPS) is 25.9. The highest BCUT2D eigenvalue weighted by Crippen LogP contribution is 2.22. The van der Waals surface area contributed by atoms with Gasteiger partial charge in [0.25, 0.3) is 0 Å². The smallest absolute Gasteiger partial charge is 0.423 e. The molecule has 1 aliphatic rings. The van der Waals surface area contributed by atoms with Crippen molar-refractivity contribution in [2.45, 2.75) is 26.2 Å². The molecule has 10 heavy (non-hydrogen) atoms. The summed E-state index contributed by atoms with van der Waals surface area (Å²) in [4.78, 5) is 0. The summed E-state index contributed by atoms with van der Waals surface area (Å²) in [6, 6.07) is 0. The first-order valence-corrected chi connectivity index (χ1v) is 3.75. The molecule has 0 aromatic rings. The van der Waals surface area contributed by atoms with E-state index in [-0.39, 0.29) is 0 Å². The predicted molar refractivity (Wildman–Crippen MR) is 41.3 cm³/mol. The van der Waals surface area contributed by atoms with Gasteiger partial charge in [-0.15, -0.1) is 0 Å². The largest absolute Gasteiger partial charge is 0.483 e. The number of rotatable bonds is 1. The molecule has 1 aliphatic carbocycles. The van der Waals surface area contributed by atoms with Crippen LogP contribution in [0.3, 0.4) is 0 Å². The van der Waals surface area contributed by atoms with Gasteiger partial charge in [0.15, 0.2) is 0 Å². The molecule has 3 heteroatoms. The Morgan fingerprint density at radius 3 is 2.70 bits per heavy atom. The van der Waals surface area contributed by atoms with Gasteiger partial charge in [0.05, 0.1) is 0 Å². The van der Waals surface area contributed by atoms with E-state index >= 15 is 0 Å². The molecule has 0 bridgehead atoms. The maximum atomic E-state index is 8.75. The summed E-state index contributed by atoms with van der Waals surface area (Å²) in [5.74, 6) is 0.711. The monoisotopic (exact) mass is 140 g/mol. The first kappa shape index (κ1) is 7.83. The Morgan fingerprint density at radius 2 is 2.30 bits per heavy atom. The average Bonchev–Trinajstić information content (AvgIpc) is 1.88. The molecular formula is C7H13BO2. The van der Waals surface area contributed by atoms with E-state index in [9.17, 15) is 0 Å². The Balaban J connectivity index is 2.48. The third kappa shape index (κ3) is 1.85. The number of hydrogen-bond donors (Lipinski definition) is 2. The van der Waals surface area contributed by atoms with Gasteiger partial charge in [0.2, 0.25) is 0 Å². The van der Waals surface area contributed by atoms with Crippen molar-refractivity contribution in [1.29, 1.82) is 0 Å². The van der Waals surface area contributed by atoms with Crippen LogP contribution < -0.4 is 0 Å². The molecule has 1 atom stereocenters. The maximum Gasteiger partial charge on any atom is 0.483 e. The summed E-state index contributed by atoms with van der Waals surface area (Å²) in [6.45, 7) is 2.18. The molecule has 0 radical (unpaired) electrons. The van der Waals surface area contributed by atoms with E-state index in [1.54, 1.807) is 0 Å². The fraction of sp³-hybridized carbons (Fsp3) is 0.714. The van der Waals surface area contributed by atoms with Crippen molar-refractivity contribution < 1.29 is 10.0 Å². The highest BCUT2D eigenvalue weighted by Gasteiger charge is 2.18. The van der Waals surface area contributed by atoms with Gasteiger partial charge >= 0.3 is 7.12 Å². The van der Waals surface area contributed by atoms with Gasteiger partial charge in [0.1, 0.15) is 0 Å². The zero-order chi connectivity index (χ0) is 7.56. The van der Waals surface area contributed by atoms with Crippen molar-refractivity contribution in [3.8, 4) is 0 Å². The molecule has 56 valence electrons. The minimum atomic E-state index is -1.22. The van der Waals surface area contributed by atoms with Gasteiger partial charge in [-0.25, -0.2) is 0 Å². The summed E-state index contributed by atoms with van der Waals surface area (Å²) in [5, 5.41) is 17.5. The van der Waals surface area contributed by atoms with Crippen molar-refractivity contribution >= 4 is 7.12 Å². The van der Waals surface area contributed by atoms with E-state index in [0.29, 0.717) is 5.92 Å². The summed E-state index contributed by atoms with van der Waals surface area (Å²) in [7, 11) is -1.22. The lowest BCUT2D eigenvalue weighted by molar-refractivity contribution is 0.408. The van der Waals surface area contributed by atoms with Gasteiger partial charge in [-0.2, -0.15) is 0 Å². The van der Waals surface area contributed by atoms with E-state index in [2.05, 4.69) is 6.92 Å². The van der Waals surface area contributed by atoms with E-state index in [0.717, 1.165) is 24.7 Å². The molecule has 0 aliphatic heterocycles. The molecule has 0 aromatic carbocycles. The lowest BCUT2D eigenvalue weighted by Crippen LogP contribution is -2.18.